The normalized spacial score (nSPS) is 12.0. The molecule has 1 unspecified atom stereocenters. The van der Waals surface area contributed by atoms with Gasteiger partial charge in [0.05, 0.1) is 6.04 Å². The summed E-state index contributed by atoms with van der Waals surface area (Å²) in [5.74, 6) is -0.0742. The summed E-state index contributed by atoms with van der Waals surface area (Å²) >= 11 is 0. The summed E-state index contributed by atoms with van der Waals surface area (Å²) in [5.41, 5.74) is 10.3. The van der Waals surface area contributed by atoms with Gasteiger partial charge in [-0.15, -0.1) is 0 Å². The molecular formula is C18H22N2O. The number of benzene rings is 2. The molecule has 3 heteroatoms. The first-order chi connectivity index (χ1) is 10.0. The summed E-state index contributed by atoms with van der Waals surface area (Å²) in [6.45, 7) is 5.95. The molecular weight excluding hydrogens is 260 g/mol. The van der Waals surface area contributed by atoms with Crippen LogP contribution in [0.25, 0.3) is 0 Å². The molecule has 1 atom stereocenters. The molecule has 0 aromatic heterocycles. The van der Waals surface area contributed by atoms with Crippen molar-refractivity contribution in [1.29, 1.82) is 0 Å². The molecule has 0 heterocycles. The first kappa shape index (κ1) is 15.1. The Hall–Kier alpha value is -2.29. The standard InChI is InChI=1S/C18H22N2O/c1-4-17(14-8-6-5-7-9-14)20-18(21)15-11-16(19)13(3)10-12(15)2/h5-11,17H,4,19H2,1-3H3,(H,20,21). The van der Waals surface area contributed by atoms with E-state index < -0.39 is 0 Å². The second-order valence-corrected chi connectivity index (χ2v) is 5.37. The van der Waals surface area contributed by atoms with E-state index in [-0.39, 0.29) is 11.9 Å². The molecule has 0 aliphatic heterocycles. The minimum absolute atomic E-state index is 0.0145. The van der Waals surface area contributed by atoms with Gasteiger partial charge in [-0.3, -0.25) is 4.79 Å². The van der Waals surface area contributed by atoms with E-state index in [9.17, 15) is 4.79 Å². The van der Waals surface area contributed by atoms with Crippen molar-refractivity contribution < 1.29 is 4.79 Å². The lowest BCUT2D eigenvalue weighted by atomic mass is 10.0. The maximum Gasteiger partial charge on any atom is 0.252 e. The molecule has 2 rings (SSSR count). The van der Waals surface area contributed by atoms with Crippen molar-refractivity contribution in [1.82, 2.24) is 5.32 Å². The molecule has 1 amide bonds. The van der Waals surface area contributed by atoms with E-state index >= 15 is 0 Å². The second kappa shape index (κ2) is 6.44. The molecule has 0 saturated heterocycles. The number of nitrogen functional groups attached to an aromatic ring is 1. The Morgan fingerprint density at radius 2 is 1.81 bits per heavy atom. The maximum atomic E-state index is 12.5. The van der Waals surface area contributed by atoms with Gasteiger partial charge in [0.1, 0.15) is 0 Å². The molecule has 0 bridgehead atoms. The summed E-state index contributed by atoms with van der Waals surface area (Å²) in [4.78, 5) is 12.5. The zero-order valence-electron chi connectivity index (χ0n) is 12.8. The lowest BCUT2D eigenvalue weighted by Gasteiger charge is -2.18. The van der Waals surface area contributed by atoms with Crippen LogP contribution in [0.15, 0.2) is 42.5 Å². The summed E-state index contributed by atoms with van der Waals surface area (Å²) in [6, 6.07) is 13.7. The van der Waals surface area contributed by atoms with Gasteiger partial charge in [-0.1, -0.05) is 43.3 Å². The minimum Gasteiger partial charge on any atom is -0.398 e. The highest BCUT2D eigenvalue weighted by Crippen LogP contribution is 2.20. The molecule has 0 radical (unpaired) electrons. The molecule has 0 saturated carbocycles. The van der Waals surface area contributed by atoms with Crippen molar-refractivity contribution in [3.8, 4) is 0 Å². The highest BCUT2D eigenvalue weighted by molar-refractivity contribution is 5.97. The van der Waals surface area contributed by atoms with Gasteiger partial charge in [-0.2, -0.15) is 0 Å². The van der Waals surface area contributed by atoms with Crippen molar-refractivity contribution in [2.45, 2.75) is 33.2 Å². The van der Waals surface area contributed by atoms with Crippen LogP contribution < -0.4 is 11.1 Å². The van der Waals surface area contributed by atoms with Gasteiger partial charge in [0.15, 0.2) is 0 Å². The summed E-state index contributed by atoms with van der Waals surface area (Å²) in [7, 11) is 0. The van der Waals surface area contributed by atoms with Crippen LogP contribution >= 0.6 is 0 Å². The second-order valence-electron chi connectivity index (χ2n) is 5.37. The maximum absolute atomic E-state index is 12.5. The minimum atomic E-state index is -0.0742. The Morgan fingerprint density at radius 1 is 1.14 bits per heavy atom. The third kappa shape index (κ3) is 3.43. The van der Waals surface area contributed by atoms with Crippen LogP contribution in [-0.4, -0.2) is 5.91 Å². The van der Waals surface area contributed by atoms with Gasteiger partial charge in [-0.05, 0) is 43.0 Å². The smallest absolute Gasteiger partial charge is 0.252 e. The van der Waals surface area contributed by atoms with E-state index in [0.29, 0.717) is 11.3 Å². The zero-order valence-corrected chi connectivity index (χ0v) is 12.8. The lowest BCUT2D eigenvalue weighted by molar-refractivity contribution is 0.0935. The summed E-state index contributed by atoms with van der Waals surface area (Å²) < 4.78 is 0. The van der Waals surface area contributed by atoms with Gasteiger partial charge in [0.2, 0.25) is 0 Å². The Kier molecular flexibility index (Phi) is 4.63. The Balaban J connectivity index is 2.23. The van der Waals surface area contributed by atoms with Crippen LogP contribution in [0.4, 0.5) is 5.69 Å². The van der Waals surface area contributed by atoms with Crippen molar-refractivity contribution in [3.05, 3.63) is 64.7 Å². The number of carbonyl (C=O) groups excluding carboxylic acids is 1. The molecule has 2 aromatic rings. The molecule has 0 fully saturated rings. The number of nitrogens with one attached hydrogen (secondary N) is 1. The number of anilines is 1. The molecule has 3 nitrogen and oxygen atoms in total. The van der Waals surface area contributed by atoms with E-state index in [1.807, 2.05) is 50.2 Å². The van der Waals surface area contributed by atoms with E-state index in [2.05, 4.69) is 12.2 Å². The van der Waals surface area contributed by atoms with Crippen LogP contribution in [-0.2, 0) is 0 Å². The largest absolute Gasteiger partial charge is 0.398 e. The van der Waals surface area contributed by atoms with E-state index in [1.165, 1.54) is 0 Å². The highest BCUT2D eigenvalue weighted by Gasteiger charge is 2.16. The van der Waals surface area contributed by atoms with Gasteiger partial charge in [-0.25, -0.2) is 0 Å². The Bertz CT molecular complexity index is 635. The quantitative estimate of drug-likeness (QED) is 0.839. The number of hydrogen-bond acceptors (Lipinski definition) is 2. The van der Waals surface area contributed by atoms with Crippen molar-refractivity contribution in [2.75, 3.05) is 5.73 Å². The van der Waals surface area contributed by atoms with Crippen LogP contribution in [0.2, 0.25) is 0 Å². The predicted molar refractivity (Wildman–Crippen MR) is 87.3 cm³/mol. The molecule has 2 aromatic carbocycles. The zero-order chi connectivity index (χ0) is 15.4. The monoisotopic (exact) mass is 282 g/mol. The third-order valence-corrected chi connectivity index (χ3v) is 3.77. The average molecular weight is 282 g/mol. The van der Waals surface area contributed by atoms with Crippen molar-refractivity contribution >= 4 is 11.6 Å². The van der Waals surface area contributed by atoms with Gasteiger partial charge in [0, 0.05) is 11.3 Å². The SMILES string of the molecule is CCC(NC(=O)c1cc(N)c(C)cc1C)c1ccccc1. The number of carbonyl (C=O) groups is 1. The Labute approximate surface area is 126 Å². The first-order valence-corrected chi connectivity index (χ1v) is 7.25. The fourth-order valence-electron chi connectivity index (χ4n) is 2.46. The van der Waals surface area contributed by atoms with Crippen LogP contribution in [0.1, 0.15) is 46.4 Å². The van der Waals surface area contributed by atoms with Crippen LogP contribution in [0.3, 0.4) is 0 Å². The predicted octanol–water partition coefficient (Wildman–Crippen LogP) is 3.77. The fraction of sp³-hybridized carbons (Fsp3) is 0.278. The number of rotatable bonds is 4. The van der Waals surface area contributed by atoms with Gasteiger partial charge < -0.3 is 11.1 Å². The van der Waals surface area contributed by atoms with E-state index in [4.69, 9.17) is 5.73 Å². The summed E-state index contributed by atoms with van der Waals surface area (Å²) in [5, 5.41) is 3.09. The molecule has 110 valence electrons. The number of amides is 1. The number of aryl methyl sites for hydroxylation is 2. The lowest BCUT2D eigenvalue weighted by Crippen LogP contribution is -2.28. The van der Waals surface area contributed by atoms with E-state index in [0.717, 1.165) is 23.1 Å². The molecule has 0 spiro atoms. The van der Waals surface area contributed by atoms with E-state index in [1.54, 1.807) is 6.07 Å². The van der Waals surface area contributed by atoms with Crippen LogP contribution in [0, 0.1) is 13.8 Å². The van der Waals surface area contributed by atoms with Gasteiger partial charge >= 0.3 is 0 Å². The average Bonchev–Trinajstić information content (AvgIpc) is 2.49. The third-order valence-electron chi connectivity index (χ3n) is 3.77. The molecule has 21 heavy (non-hydrogen) atoms. The first-order valence-electron chi connectivity index (χ1n) is 7.25. The van der Waals surface area contributed by atoms with Gasteiger partial charge in [0.25, 0.3) is 5.91 Å². The summed E-state index contributed by atoms with van der Waals surface area (Å²) in [6.07, 6.45) is 0.843. The van der Waals surface area contributed by atoms with Crippen LogP contribution in [0.5, 0.6) is 0 Å². The molecule has 0 aliphatic rings. The molecule has 3 N–H and O–H groups in total. The molecule has 0 aliphatic carbocycles. The Morgan fingerprint density at radius 3 is 2.43 bits per heavy atom. The number of nitrogens with two attached hydrogens (primary N) is 1. The number of hydrogen-bond donors (Lipinski definition) is 2. The van der Waals surface area contributed by atoms with Crippen molar-refractivity contribution in [2.24, 2.45) is 0 Å². The highest BCUT2D eigenvalue weighted by atomic mass is 16.1. The fourth-order valence-corrected chi connectivity index (χ4v) is 2.46. The topological polar surface area (TPSA) is 55.1 Å². The van der Waals surface area contributed by atoms with Crippen molar-refractivity contribution in [3.63, 3.8) is 0 Å².